The summed E-state index contributed by atoms with van der Waals surface area (Å²) in [6.07, 6.45) is 1.62. The van der Waals surface area contributed by atoms with Crippen molar-refractivity contribution in [3.8, 4) is 0 Å². The van der Waals surface area contributed by atoms with Gasteiger partial charge in [-0.25, -0.2) is 13.4 Å². The van der Waals surface area contributed by atoms with Crippen LogP contribution < -0.4 is 10.0 Å². The number of aromatic nitrogens is 3. The van der Waals surface area contributed by atoms with Crippen molar-refractivity contribution in [2.75, 3.05) is 11.8 Å². The molecule has 7 nitrogen and oxygen atoms in total. The highest BCUT2D eigenvalue weighted by Gasteiger charge is 2.24. The predicted octanol–water partition coefficient (Wildman–Crippen LogP) is 1.00. The molecule has 0 radical (unpaired) electrons. The third-order valence-corrected chi connectivity index (χ3v) is 4.92. The van der Waals surface area contributed by atoms with Crippen LogP contribution in [0.1, 0.15) is 16.3 Å². The van der Waals surface area contributed by atoms with Crippen molar-refractivity contribution < 1.29 is 8.42 Å². The molecule has 0 bridgehead atoms. The first-order chi connectivity index (χ1) is 8.94. The number of anilines is 1. The summed E-state index contributed by atoms with van der Waals surface area (Å²) in [6, 6.07) is 0. The van der Waals surface area contributed by atoms with Gasteiger partial charge in [0, 0.05) is 17.6 Å². The lowest BCUT2D eigenvalue weighted by atomic mass is 10.4. The van der Waals surface area contributed by atoms with E-state index in [-0.39, 0.29) is 4.90 Å². The molecule has 0 amide bonds. The van der Waals surface area contributed by atoms with Crippen LogP contribution in [0.4, 0.5) is 5.13 Å². The first-order valence-electron chi connectivity index (χ1n) is 5.57. The lowest BCUT2D eigenvalue weighted by molar-refractivity contribution is 0.598. The number of thiazole rings is 1. The van der Waals surface area contributed by atoms with Crippen LogP contribution in [0.15, 0.2) is 11.1 Å². The fourth-order valence-corrected chi connectivity index (χ4v) is 3.95. The fourth-order valence-electron chi connectivity index (χ4n) is 1.68. The molecule has 0 aromatic carbocycles. The highest BCUT2D eigenvalue weighted by Crippen LogP contribution is 2.24. The lowest BCUT2D eigenvalue weighted by Crippen LogP contribution is -2.17. The number of sulfonamides is 1. The molecular weight excluding hydrogens is 286 g/mol. The molecule has 0 spiro atoms. The largest absolute Gasteiger partial charge is 0.314 e. The number of aryl methyl sites for hydroxylation is 2. The van der Waals surface area contributed by atoms with Gasteiger partial charge in [0.2, 0.25) is 0 Å². The summed E-state index contributed by atoms with van der Waals surface area (Å²) >= 11 is 1.29. The molecule has 9 heteroatoms. The Morgan fingerprint density at radius 2 is 2.16 bits per heavy atom. The van der Waals surface area contributed by atoms with Crippen LogP contribution in [0.3, 0.4) is 0 Å². The predicted molar refractivity (Wildman–Crippen MR) is 73.7 cm³/mol. The third kappa shape index (κ3) is 2.94. The van der Waals surface area contributed by atoms with E-state index in [2.05, 4.69) is 25.2 Å². The summed E-state index contributed by atoms with van der Waals surface area (Å²) in [5, 5.41) is 9.93. The molecule has 0 saturated carbocycles. The standard InChI is InChI=1S/C10H15N5O2S2/c1-6-4-12-10(18-6)15-19(16,17)9-7(2)13-14-8(9)5-11-3/h4,11H,5H2,1-3H3,(H,12,15)(H,13,14). The minimum atomic E-state index is -3.68. The van der Waals surface area contributed by atoms with E-state index >= 15 is 0 Å². The van der Waals surface area contributed by atoms with Crippen LogP contribution >= 0.6 is 11.3 Å². The second kappa shape index (κ2) is 5.27. The minimum Gasteiger partial charge on any atom is -0.314 e. The molecular formula is C10H15N5O2S2. The summed E-state index contributed by atoms with van der Waals surface area (Å²) in [6.45, 7) is 3.91. The maximum Gasteiger partial charge on any atom is 0.267 e. The molecule has 2 aromatic rings. The fraction of sp³-hybridized carbons (Fsp3) is 0.400. The lowest BCUT2D eigenvalue weighted by Gasteiger charge is -2.06. The van der Waals surface area contributed by atoms with Crippen LogP contribution in [0.25, 0.3) is 0 Å². The summed E-state index contributed by atoms with van der Waals surface area (Å²) in [4.78, 5) is 5.12. The minimum absolute atomic E-state index is 0.176. The zero-order valence-electron chi connectivity index (χ0n) is 10.8. The van der Waals surface area contributed by atoms with E-state index in [0.717, 1.165) is 4.88 Å². The van der Waals surface area contributed by atoms with E-state index in [1.165, 1.54) is 11.3 Å². The molecule has 2 aromatic heterocycles. The quantitative estimate of drug-likeness (QED) is 0.765. The van der Waals surface area contributed by atoms with Crippen LogP contribution in [0, 0.1) is 13.8 Å². The van der Waals surface area contributed by atoms with Gasteiger partial charge in [-0.05, 0) is 20.9 Å². The highest BCUT2D eigenvalue weighted by molar-refractivity contribution is 7.93. The average molecular weight is 301 g/mol. The molecule has 104 valence electrons. The Morgan fingerprint density at radius 3 is 2.74 bits per heavy atom. The Balaban J connectivity index is 2.36. The first kappa shape index (κ1) is 14.0. The molecule has 3 N–H and O–H groups in total. The molecule has 19 heavy (non-hydrogen) atoms. The van der Waals surface area contributed by atoms with E-state index in [9.17, 15) is 8.42 Å². The van der Waals surface area contributed by atoms with Crippen molar-refractivity contribution in [3.63, 3.8) is 0 Å². The van der Waals surface area contributed by atoms with Gasteiger partial charge in [-0.2, -0.15) is 5.10 Å². The summed E-state index contributed by atoms with van der Waals surface area (Å²) < 4.78 is 27.2. The SMILES string of the molecule is CNCc1n[nH]c(C)c1S(=O)(=O)Nc1ncc(C)s1. The van der Waals surface area contributed by atoms with E-state index in [4.69, 9.17) is 0 Å². The second-order valence-corrected chi connectivity index (χ2v) is 6.89. The highest BCUT2D eigenvalue weighted by atomic mass is 32.2. The number of hydrogen-bond acceptors (Lipinski definition) is 6. The number of nitrogens with zero attached hydrogens (tertiary/aromatic N) is 2. The number of nitrogens with one attached hydrogen (secondary N) is 3. The molecule has 0 saturated heterocycles. The van der Waals surface area contributed by atoms with Gasteiger partial charge >= 0.3 is 0 Å². The Morgan fingerprint density at radius 1 is 1.42 bits per heavy atom. The van der Waals surface area contributed by atoms with Crippen molar-refractivity contribution in [3.05, 3.63) is 22.5 Å². The Kier molecular flexibility index (Phi) is 3.88. The van der Waals surface area contributed by atoms with Crippen LogP contribution in [-0.4, -0.2) is 30.6 Å². The number of H-pyrrole nitrogens is 1. The molecule has 0 atom stereocenters. The molecule has 0 aliphatic heterocycles. The van der Waals surface area contributed by atoms with Crippen molar-refractivity contribution in [2.45, 2.75) is 25.3 Å². The molecule has 2 rings (SSSR count). The average Bonchev–Trinajstić information content (AvgIpc) is 2.86. The van der Waals surface area contributed by atoms with Crippen molar-refractivity contribution >= 4 is 26.5 Å². The van der Waals surface area contributed by atoms with E-state index in [1.807, 2.05) is 6.92 Å². The normalized spacial score (nSPS) is 11.7. The van der Waals surface area contributed by atoms with Crippen molar-refractivity contribution in [1.82, 2.24) is 20.5 Å². The summed E-state index contributed by atoms with van der Waals surface area (Å²) in [5.74, 6) is 0. The maximum absolute atomic E-state index is 12.4. The monoisotopic (exact) mass is 301 g/mol. The molecule has 0 aliphatic carbocycles. The van der Waals surface area contributed by atoms with Crippen LogP contribution in [0.5, 0.6) is 0 Å². The van der Waals surface area contributed by atoms with Gasteiger partial charge in [0.15, 0.2) is 5.13 Å². The smallest absolute Gasteiger partial charge is 0.267 e. The molecule has 2 heterocycles. The Labute approximate surface area is 115 Å². The maximum atomic E-state index is 12.4. The Hall–Kier alpha value is -1.45. The zero-order chi connectivity index (χ0) is 14.0. The summed E-state index contributed by atoms with van der Waals surface area (Å²) in [5.41, 5.74) is 0.965. The summed E-state index contributed by atoms with van der Waals surface area (Å²) in [7, 11) is -1.94. The molecule has 0 unspecified atom stereocenters. The first-order valence-corrected chi connectivity index (χ1v) is 7.87. The number of hydrogen-bond donors (Lipinski definition) is 3. The Bertz CT molecular complexity index is 674. The van der Waals surface area contributed by atoms with Crippen molar-refractivity contribution in [2.24, 2.45) is 0 Å². The van der Waals surface area contributed by atoms with Crippen LogP contribution in [0.2, 0.25) is 0 Å². The van der Waals surface area contributed by atoms with Gasteiger partial charge < -0.3 is 5.32 Å². The number of aromatic amines is 1. The van der Waals surface area contributed by atoms with Gasteiger partial charge in [0.25, 0.3) is 10.0 Å². The van der Waals surface area contributed by atoms with E-state index in [0.29, 0.717) is 23.1 Å². The van der Waals surface area contributed by atoms with Crippen LogP contribution in [-0.2, 0) is 16.6 Å². The molecule has 0 aliphatic rings. The van der Waals surface area contributed by atoms with Gasteiger partial charge in [-0.1, -0.05) is 0 Å². The van der Waals surface area contributed by atoms with Gasteiger partial charge in [0.1, 0.15) is 4.90 Å². The number of rotatable bonds is 5. The van der Waals surface area contributed by atoms with Gasteiger partial charge in [-0.15, -0.1) is 11.3 Å². The van der Waals surface area contributed by atoms with E-state index < -0.39 is 10.0 Å². The molecule has 0 fully saturated rings. The topological polar surface area (TPSA) is 99.8 Å². The van der Waals surface area contributed by atoms with Gasteiger partial charge in [0.05, 0.1) is 11.4 Å². The second-order valence-electron chi connectivity index (χ2n) is 4.04. The van der Waals surface area contributed by atoms with Gasteiger partial charge in [-0.3, -0.25) is 9.82 Å². The third-order valence-electron chi connectivity index (χ3n) is 2.42. The van der Waals surface area contributed by atoms with E-state index in [1.54, 1.807) is 20.2 Å². The van der Waals surface area contributed by atoms with Crippen molar-refractivity contribution in [1.29, 1.82) is 0 Å². The zero-order valence-corrected chi connectivity index (χ0v) is 12.4.